The largest absolute Gasteiger partial charge is 0.492 e. The van der Waals surface area contributed by atoms with Crippen molar-refractivity contribution in [2.75, 3.05) is 39.3 Å². The van der Waals surface area contributed by atoms with Crippen LogP contribution < -0.4 is 4.74 Å². The molecule has 8 heteroatoms. The van der Waals surface area contributed by atoms with Gasteiger partial charge >= 0.3 is 0 Å². The molecule has 2 amide bonds. The molecule has 2 aromatic rings. The van der Waals surface area contributed by atoms with E-state index in [-0.39, 0.29) is 23.5 Å². The van der Waals surface area contributed by atoms with E-state index in [9.17, 15) is 14.0 Å². The third-order valence-electron chi connectivity index (χ3n) is 7.54. The molecule has 0 aliphatic carbocycles. The maximum absolute atomic E-state index is 14.2. The van der Waals surface area contributed by atoms with Crippen LogP contribution in [0.5, 0.6) is 5.75 Å². The van der Waals surface area contributed by atoms with Gasteiger partial charge in [-0.1, -0.05) is 30.3 Å². The molecule has 35 heavy (non-hydrogen) atoms. The average molecular weight is 479 g/mol. The van der Waals surface area contributed by atoms with Crippen LogP contribution in [-0.4, -0.2) is 71.7 Å². The molecule has 7 nitrogen and oxygen atoms in total. The Balaban J connectivity index is 1.45. The number of fused-ring (bicyclic) bond motifs is 3. The van der Waals surface area contributed by atoms with E-state index < -0.39 is 5.54 Å². The molecule has 1 fully saturated rings. The summed E-state index contributed by atoms with van der Waals surface area (Å²) in [4.78, 5) is 28.9. The number of carbonyl (C=O) groups is 2. The van der Waals surface area contributed by atoms with Gasteiger partial charge in [0.2, 0.25) is 11.8 Å². The van der Waals surface area contributed by atoms with E-state index in [1.807, 2.05) is 35.2 Å². The van der Waals surface area contributed by atoms with Crippen LogP contribution in [0.15, 0.2) is 53.6 Å². The van der Waals surface area contributed by atoms with Crippen molar-refractivity contribution in [3.63, 3.8) is 0 Å². The van der Waals surface area contributed by atoms with E-state index in [4.69, 9.17) is 9.84 Å². The first kappa shape index (κ1) is 23.5. The lowest BCUT2D eigenvalue weighted by atomic mass is 9.71. The van der Waals surface area contributed by atoms with Crippen LogP contribution in [0, 0.1) is 11.7 Å². The summed E-state index contributed by atoms with van der Waals surface area (Å²) in [5.41, 5.74) is 1.61. The van der Waals surface area contributed by atoms with Crippen LogP contribution in [0.2, 0.25) is 0 Å². The maximum Gasteiger partial charge on any atom is 0.240 e. The van der Waals surface area contributed by atoms with Crippen molar-refractivity contribution in [1.29, 1.82) is 0 Å². The number of amides is 2. The highest BCUT2D eigenvalue weighted by Crippen LogP contribution is 2.49. The zero-order valence-corrected chi connectivity index (χ0v) is 20.2. The molecule has 0 bridgehead atoms. The highest BCUT2D eigenvalue weighted by Gasteiger charge is 2.55. The Bertz CT molecular complexity index is 1150. The third-order valence-corrected chi connectivity index (χ3v) is 7.54. The molecular formula is C27H31FN4O3. The third kappa shape index (κ3) is 4.20. The molecule has 0 N–H and O–H groups in total. The van der Waals surface area contributed by atoms with Gasteiger partial charge in [0.05, 0.1) is 18.2 Å². The molecule has 0 saturated carbocycles. The van der Waals surface area contributed by atoms with Gasteiger partial charge in [0.1, 0.15) is 17.1 Å². The van der Waals surface area contributed by atoms with Gasteiger partial charge in [-0.2, -0.15) is 5.10 Å². The number of benzene rings is 2. The van der Waals surface area contributed by atoms with Gasteiger partial charge in [0.15, 0.2) is 0 Å². The molecule has 3 heterocycles. The number of hydrogen-bond donors (Lipinski definition) is 0. The smallest absolute Gasteiger partial charge is 0.240 e. The monoisotopic (exact) mass is 478 g/mol. The van der Waals surface area contributed by atoms with Gasteiger partial charge < -0.3 is 9.64 Å². The molecule has 2 aromatic carbocycles. The number of hydrogen-bond acceptors (Lipinski definition) is 5. The summed E-state index contributed by atoms with van der Waals surface area (Å²) in [6.07, 6.45) is 1.53. The lowest BCUT2D eigenvalue weighted by Gasteiger charge is -2.43. The zero-order valence-electron chi connectivity index (χ0n) is 20.2. The van der Waals surface area contributed by atoms with E-state index in [2.05, 4.69) is 4.90 Å². The molecule has 0 unspecified atom stereocenters. The summed E-state index contributed by atoms with van der Waals surface area (Å²) < 4.78 is 20.3. The summed E-state index contributed by atoms with van der Waals surface area (Å²) in [5.74, 6) is -0.0000324. The molecular weight excluding hydrogens is 447 g/mol. The highest BCUT2D eigenvalue weighted by atomic mass is 19.1. The van der Waals surface area contributed by atoms with Gasteiger partial charge in [-0.15, -0.1) is 0 Å². The van der Waals surface area contributed by atoms with E-state index in [0.717, 1.165) is 44.7 Å². The van der Waals surface area contributed by atoms with Crippen LogP contribution in [0.4, 0.5) is 4.39 Å². The Morgan fingerprint density at radius 1 is 1.06 bits per heavy atom. The second-order valence-corrected chi connectivity index (χ2v) is 9.56. The number of carbonyl (C=O) groups excluding carboxylic acids is 2. The van der Waals surface area contributed by atoms with Crippen molar-refractivity contribution in [2.24, 2.45) is 11.0 Å². The topological polar surface area (TPSA) is 65.5 Å². The lowest BCUT2D eigenvalue weighted by molar-refractivity contribution is -0.136. The first-order valence-electron chi connectivity index (χ1n) is 12.3. The Hall–Kier alpha value is -3.26. The summed E-state index contributed by atoms with van der Waals surface area (Å²) in [7, 11) is 0. The average Bonchev–Trinajstić information content (AvgIpc) is 3.21. The Morgan fingerprint density at radius 2 is 1.80 bits per heavy atom. The molecule has 3 aliphatic rings. The molecule has 0 radical (unpaired) electrons. The van der Waals surface area contributed by atoms with Crippen molar-refractivity contribution in [3.05, 3.63) is 65.5 Å². The molecule has 5 rings (SSSR count). The summed E-state index contributed by atoms with van der Waals surface area (Å²) in [6, 6.07) is 14.5. The Morgan fingerprint density at radius 3 is 2.49 bits per heavy atom. The minimum Gasteiger partial charge on any atom is -0.492 e. The van der Waals surface area contributed by atoms with Crippen LogP contribution >= 0.6 is 0 Å². The van der Waals surface area contributed by atoms with Crippen molar-refractivity contribution in [1.82, 2.24) is 14.8 Å². The number of hydrazone groups is 1. The zero-order chi connectivity index (χ0) is 24.6. The molecule has 3 aliphatic heterocycles. The second kappa shape index (κ2) is 9.41. The maximum atomic E-state index is 14.2. The van der Waals surface area contributed by atoms with Crippen LogP contribution in [0.3, 0.4) is 0 Å². The van der Waals surface area contributed by atoms with Crippen molar-refractivity contribution < 1.29 is 18.7 Å². The molecule has 0 spiro atoms. The standard InChI is InChI=1S/C27H31FN4O3/c1-19(33)31-15-13-30(14-16-31)12-6-11-27(21-7-4-3-5-8-21)24-18-35-25-10-9-22(28)17-23(25)26(24)29-32(27)20(2)34/h3-5,7-10,17,24H,6,11-16,18H2,1-2H3/t24-,27-/m1/s1. The molecule has 1 saturated heterocycles. The minimum atomic E-state index is -0.715. The molecule has 2 atom stereocenters. The van der Waals surface area contributed by atoms with Crippen LogP contribution in [0.1, 0.15) is 37.8 Å². The number of rotatable bonds is 5. The van der Waals surface area contributed by atoms with Crippen LogP contribution in [-0.2, 0) is 15.1 Å². The predicted octanol–water partition coefficient (Wildman–Crippen LogP) is 3.24. The molecule has 184 valence electrons. The predicted molar refractivity (Wildman–Crippen MR) is 130 cm³/mol. The number of nitrogens with zero attached hydrogens (tertiary/aromatic N) is 4. The van der Waals surface area contributed by atoms with E-state index in [1.54, 1.807) is 18.0 Å². The minimum absolute atomic E-state index is 0.120. The number of piperazine rings is 1. The second-order valence-electron chi connectivity index (χ2n) is 9.56. The Labute approximate surface area is 205 Å². The van der Waals surface area contributed by atoms with E-state index in [0.29, 0.717) is 30.1 Å². The molecule has 0 aromatic heterocycles. The fourth-order valence-electron chi connectivity index (χ4n) is 5.78. The highest BCUT2D eigenvalue weighted by molar-refractivity contribution is 6.08. The Kier molecular flexibility index (Phi) is 6.32. The van der Waals surface area contributed by atoms with Gasteiger partial charge in [0, 0.05) is 45.6 Å². The van der Waals surface area contributed by atoms with Gasteiger partial charge in [0.25, 0.3) is 0 Å². The van der Waals surface area contributed by atoms with Crippen molar-refractivity contribution >= 4 is 17.5 Å². The van der Waals surface area contributed by atoms with Crippen molar-refractivity contribution in [3.8, 4) is 5.75 Å². The van der Waals surface area contributed by atoms with Gasteiger partial charge in [-0.3, -0.25) is 14.5 Å². The first-order chi connectivity index (χ1) is 16.9. The van der Waals surface area contributed by atoms with E-state index >= 15 is 0 Å². The summed E-state index contributed by atoms with van der Waals surface area (Å²) in [6.45, 7) is 7.55. The summed E-state index contributed by atoms with van der Waals surface area (Å²) >= 11 is 0. The van der Waals surface area contributed by atoms with Crippen LogP contribution in [0.25, 0.3) is 0 Å². The number of ether oxygens (including phenoxy) is 1. The SMILES string of the molecule is CC(=O)N1CCN(CCC[C@@]2(c3ccccc3)[C@@H]3COc4ccc(F)cc4C3=NN2C(C)=O)CC1. The first-order valence-corrected chi connectivity index (χ1v) is 12.3. The lowest BCUT2D eigenvalue weighted by Crippen LogP contribution is -2.51. The normalized spacial score (nSPS) is 23.9. The quantitative estimate of drug-likeness (QED) is 0.662. The number of halogens is 1. The van der Waals surface area contributed by atoms with Crippen molar-refractivity contribution in [2.45, 2.75) is 32.2 Å². The van der Waals surface area contributed by atoms with Gasteiger partial charge in [-0.25, -0.2) is 9.40 Å². The van der Waals surface area contributed by atoms with E-state index in [1.165, 1.54) is 19.1 Å². The summed E-state index contributed by atoms with van der Waals surface area (Å²) in [5, 5.41) is 6.42. The fourth-order valence-corrected chi connectivity index (χ4v) is 5.78. The van der Waals surface area contributed by atoms with Gasteiger partial charge in [-0.05, 0) is 43.1 Å². The fraction of sp³-hybridized carbons (Fsp3) is 0.444.